The number of nitrogens with zero attached hydrogens (tertiary/aromatic N) is 1. The van der Waals surface area contributed by atoms with E-state index >= 15 is 0 Å². The van der Waals surface area contributed by atoms with Crippen molar-refractivity contribution in [1.29, 1.82) is 0 Å². The molecule has 1 rings (SSSR count). The van der Waals surface area contributed by atoms with Gasteiger partial charge in [-0.1, -0.05) is 23.2 Å². The number of rotatable bonds is 5. The highest BCUT2D eigenvalue weighted by Gasteiger charge is 2.19. The van der Waals surface area contributed by atoms with Gasteiger partial charge in [-0.2, -0.15) is 0 Å². The number of hydrogen-bond donors (Lipinski definition) is 2. The fourth-order valence-corrected chi connectivity index (χ4v) is 1.85. The second-order valence-corrected chi connectivity index (χ2v) is 5.00. The van der Waals surface area contributed by atoms with E-state index in [9.17, 15) is 9.59 Å². The zero-order chi connectivity index (χ0) is 14.6. The molecule has 0 radical (unpaired) electrons. The Bertz CT molecular complexity index is 504. The van der Waals surface area contributed by atoms with Gasteiger partial charge in [0.25, 0.3) is 0 Å². The van der Waals surface area contributed by atoms with Crippen LogP contribution in [0.5, 0.6) is 0 Å². The highest BCUT2D eigenvalue weighted by atomic mass is 35.5. The number of hydrogen-bond acceptors (Lipinski definition) is 3. The average Bonchev–Trinajstić information content (AvgIpc) is 2.31. The van der Waals surface area contributed by atoms with E-state index in [1.165, 1.54) is 12.1 Å². The molecule has 0 aliphatic rings. The Balaban J connectivity index is 2.97. The Morgan fingerprint density at radius 1 is 1.26 bits per heavy atom. The van der Waals surface area contributed by atoms with E-state index in [2.05, 4.69) is 5.32 Å². The van der Waals surface area contributed by atoms with Gasteiger partial charge in [0.1, 0.15) is 5.56 Å². The highest BCUT2D eigenvalue weighted by Crippen LogP contribution is 2.31. The summed E-state index contributed by atoms with van der Waals surface area (Å²) in [5, 5.41) is 11.8. The molecule has 0 atom stereocenters. The second-order valence-electron chi connectivity index (χ2n) is 4.19. The SMILES string of the molecule is CN(C)CCC(=O)Nc1c(Cl)ccc(Cl)c1C(=O)O. The average molecular weight is 305 g/mol. The Morgan fingerprint density at radius 2 is 1.84 bits per heavy atom. The molecule has 0 unspecified atom stereocenters. The first-order valence-electron chi connectivity index (χ1n) is 5.48. The van der Waals surface area contributed by atoms with Crippen LogP contribution in [-0.2, 0) is 4.79 Å². The Labute approximate surface area is 121 Å². The first-order chi connectivity index (χ1) is 8.82. The van der Waals surface area contributed by atoms with Gasteiger partial charge in [0, 0.05) is 13.0 Å². The van der Waals surface area contributed by atoms with Gasteiger partial charge in [0.2, 0.25) is 5.91 Å². The molecule has 5 nitrogen and oxygen atoms in total. The third kappa shape index (κ3) is 4.38. The molecule has 0 spiro atoms. The minimum atomic E-state index is -1.24. The van der Waals surface area contributed by atoms with E-state index in [0.29, 0.717) is 6.54 Å². The molecule has 0 aliphatic carbocycles. The summed E-state index contributed by atoms with van der Waals surface area (Å²) < 4.78 is 0. The zero-order valence-corrected chi connectivity index (χ0v) is 12.0. The number of carbonyl (C=O) groups excluding carboxylic acids is 1. The van der Waals surface area contributed by atoms with Crippen LogP contribution in [-0.4, -0.2) is 42.5 Å². The summed E-state index contributed by atoms with van der Waals surface area (Å²) in [6, 6.07) is 2.82. The molecule has 0 bridgehead atoms. The molecule has 0 saturated carbocycles. The lowest BCUT2D eigenvalue weighted by atomic mass is 10.1. The molecular weight excluding hydrogens is 291 g/mol. The topological polar surface area (TPSA) is 69.6 Å². The molecule has 19 heavy (non-hydrogen) atoms. The number of carboxylic acid groups (broad SMARTS) is 1. The molecule has 1 aromatic rings. The van der Waals surface area contributed by atoms with Gasteiger partial charge < -0.3 is 15.3 Å². The number of aromatic carboxylic acids is 1. The third-order valence-corrected chi connectivity index (χ3v) is 3.00. The predicted octanol–water partition coefficient (Wildman–Crippen LogP) is 2.58. The summed E-state index contributed by atoms with van der Waals surface area (Å²) in [6.45, 7) is 0.548. The van der Waals surface area contributed by atoms with E-state index in [4.69, 9.17) is 28.3 Å². The number of anilines is 1. The van der Waals surface area contributed by atoms with Crippen LogP contribution in [0.25, 0.3) is 0 Å². The van der Waals surface area contributed by atoms with Crippen molar-refractivity contribution in [3.8, 4) is 0 Å². The normalized spacial score (nSPS) is 10.6. The molecule has 0 saturated heterocycles. The summed E-state index contributed by atoms with van der Waals surface area (Å²) in [7, 11) is 3.67. The zero-order valence-electron chi connectivity index (χ0n) is 10.5. The lowest BCUT2D eigenvalue weighted by Gasteiger charge is -2.13. The minimum absolute atomic E-state index is 0.0276. The van der Waals surface area contributed by atoms with Crippen LogP contribution in [0.3, 0.4) is 0 Å². The molecule has 2 N–H and O–H groups in total. The molecule has 1 aromatic carbocycles. The maximum atomic E-state index is 11.7. The maximum Gasteiger partial charge on any atom is 0.339 e. The van der Waals surface area contributed by atoms with Gasteiger partial charge in [0.15, 0.2) is 0 Å². The predicted molar refractivity (Wildman–Crippen MR) is 75.2 cm³/mol. The van der Waals surface area contributed by atoms with Crippen LogP contribution in [0.4, 0.5) is 5.69 Å². The van der Waals surface area contributed by atoms with E-state index in [-0.39, 0.29) is 33.6 Å². The van der Waals surface area contributed by atoms with Gasteiger partial charge in [-0.25, -0.2) is 4.79 Å². The van der Waals surface area contributed by atoms with Gasteiger partial charge in [-0.3, -0.25) is 4.79 Å². The van der Waals surface area contributed by atoms with Crippen molar-refractivity contribution in [2.24, 2.45) is 0 Å². The Morgan fingerprint density at radius 3 is 2.37 bits per heavy atom. The summed E-state index contributed by atoms with van der Waals surface area (Å²) in [4.78, 5) is 24.7. The van der Waals surface area contributed by atoms with Crippen molar-refractivity contribution in [2.75, 3.05) is 26.0 Å². The monoisotopic (exact) mass is 304 g/mol. The highest BCUT2D eigenvalue weighted by molar-refractivity contribution is 6.38. The van der Waals surface area contributed by atoms with Gasteiger partial charge in [-0.05, 0) is 26.2 Å². The van der Waals surface area contributed by atoms with Crippen LogP contribution in [0, 0.1) is 0 Å². The Kier molecular flexibility index (Phi) is 5.60. The van der Waals surface area contributed by atoms with E-state index in [0.717, 1.165) is 0 Å². The number of nitrogens with one attached hydrogen (secondary N) is 1. The second kappa shape index (κ2) is 6.75. The first-order valence-corrected chi connectivity index (χ1v) is 6.24. The van der Waals surface area contributed by atoms with Crippen molar-refractivity contribution in [3.63, 3.8) is 0 Å². The quantitative estimate of drug-likeness (QED) is 0.877. The molecule has 104 valence electrons. The van der Waals surface area contributed by atoms with E-state index in [1.54, 1.807) is 0 Å². The van der Waals surface area contributed by atoms with Crippen molar-refractivity contribution in [2.45, 2.75) is 6.42 Å². The first kappa shape index (κ1) is 15.8. The summed E-state index contributed by atoms with van der Waals surface area (Å²) in [6.07, 6.45) is 0.231. The molecule has 7 heteroatoms. The van der Waals surface area contributed by atoms with Crippen molar-refractivity contribution >= 4 is 40.8 Å². The summed E-state index contributed by atoms with van der Waals surface area (Å²) in [5.41, 5.74) is -0.169. The number of benzene rings is 1. The summed E-state index contributed by atoms with van der Waals surface area (Å²) >= 11 is 11.7. The number of carbonyl (C=O) groups is 2. The van der Waals surface area contributed by atoms with Gasteiger partial charge >= 0.3 is 5.97 Å². The lowest BCUT2D eigenvalue weighted by molar-refractivity contribution is -0.116. The Hall–Kier alpha value is -1.30. The maximum absolute atomic E-state index is 11.7. The molecular formula is C12H14Cl2N2O3. The smallest absolute Gasteiger partial charge is 0.339 e. The van der Waals surface area contributed by atoms with Crippen molar-refractivity contribution in [3.05, 3.63) is 27.7 Å². The lowest BCUT2D eigenvalue weighted by Crippen LogP contribution is -2.22. The largest absolute Gasteiger partial charge is 0.478 e. The van der Waals surface area contributed by atoms with Crippen molar-refractivity contribution in [1.82, 2.24) is 4.90 Å². The summed E-state index contributed by atoms with van der Waals surface area (Å²) in [5.74, 6) is -1.56. The van der Waals surface area contributed by atoms with Gasteiger partial charge in [0.05, 0.1) is 15.7 Å². The fraction of sp³-hybridized carbons (Fsp3) is 0.333. The van der Waals surface area contributed by atoms with Crippen LogP contribution in [0.2, 0.25) is 10.0 Å². The van der Waals surface area contributed by atoms with Crippen LogP contribution >= 0.6 is 23.2 Å². The van der Waals surface area contributed by atoms with Crippen molar-refractivity contribution < 1.29 is 14.7 Å². The molecule has 0 fully saturated rings. The van der Waals surface area contributed by atoms with Crippen LogP contribution in [0.1, 0.15) is 16.8 Å². The third-order valence-electron chi connectivity index (χ3n) is 2.37. The molecule has 0 aliphatic heterocycles. The van der Waals surface area contributed by atoms with Gasteiger partial charge in [-0.15, -0.1) is 0 Å². The molecule has 0 heterocycles. The van der Waals surface area contributed by atoms with Crippen LogP contribution in [0.15, 0.2) is 12.1 Å². The standard InChI is InChI=1S/C12H14Cl2N2O3/c1-16(2)6-5-9(17)15-11-8(14)4-3-7(13)10(11)12(18)19/h3-4H,5-6H2,1-2H3,(H,15,17)(H,18,19). The number of carboxylic acids is 1. The fourth-order valence-electron chi connectivity index (χ4n) is 1.41. The van der Waals surface area contributed by atoms with E-state index in [1.807, 2.05) is 19.0 Å². The number of halogens is 2. The minimum Gasteiger partial charge on any atom is -0.478 e. The van der Waals surface area contributed by atoms with Crippen LogP contribution < -0.4 is 5.32 Å². The number of amides is 1. The molecule has 0 aromatic heterocycles. The molecule has 1 amide bonds. The van der Waals surface area contributed by atoms with E-state index < -0.39 is 5.97 Å².